The van der Waals surface area contributed by atoms with E-state index < -0.39 is 21.8 Å². The van der Waals surface area contributed by atoms with Gasteiger partial charge < -0.3 is 9.47 Å². The summed E-state index contributed by atoms with van der Waals surface area (Å²) >= 11 is 0. The van der Waals surface area contributed by atoms with Gasteiger partial charge in [-0.25, -0.2) is 13.6 Å². The Kier molecular flexibility index (Phi) is 6.37. The van der Waals surface area contributed by atoms with E-state index in [1.54, 1.807) is 12.1 Å². The molecule has 0 unspecified atom stereocenters. The van der Waals surface area contributed by atoms with Crippen molar-refractivity contribution in [3.8, 4) is 11.5 Å². The first kappa shape index (κ1) is 20.2. The number of nitrogens with one attached hydrogen (secondary N) is 2. The van der Waals surface area contributed by atoms with Crippen LogP contribution in [0, 0.1) is 0 Å². The Morgan fingerprint density at radius 1 is 1.04 bits per heavy atom. The van der Waals surface area contributed by atoms with E-state index >= 15 is 0 Å². The number of ether oxygens (including phenoxy) is 2. The topological polar surface area (TPSA) is 137 Å². The zero-order valence-corrected chi connectivity index (χ0v) is 15.5. The molecule has 2 amide bonds. The molecule has 0 spiro atoms. The number of methoxy groups -OCH3 is 1. The van der Waals surface area contributed by atoms with Crippen LogP contribution in [-0.2, 0) is 10.0 Å². The van der Waals surface area contributed by atoms with Gasteiger partial charge >= 0.3 is 0 Å². The van der Waals surface area contributed by atoms with Crippen molar-refractivity contribution in [2.45, 2.75) is 11.8 Å². The molecule has 0 aliphatic rings. The molecule has 27 heavy (non-hydrogen) atoms. The molecule has 9 nitrogen and oxygen atoms in total. The summed E-state index contributed by atoms with van der Waals surface area (Å²) in [6.07, 6.45) is 0. The Balaban J connectivity index is 2.11. The molecule has 4 N–H and O–H groups in total. The number of rotatable bonds is 6. The van der Waals surface area contributed by atoms with E-state index in [-0.39, 0.29) is 16.2 Å². The zero-order valence-electron chi connectivity index (χ0n) is 14.7. The first-order chi connectivity index (χ1) is 12.8. The van der Waals surface area contributed by atoms with Crippen LogP contribution < -0.4 is 25.5 Å². The minimum absolute atomic E-state index is 0.101. The largest absolute Gasteiger partial charge is 0.496 e. The van der Waals surface area contributed by atoms with E-state index in [9.17, 15) is 18.0 Å². The molecular weight excluding hydrogens is 374 g/mol. The van der Waals surface area contributed by atoms with Gasteiger partial charge in [0.15, 0.2) is 0 Å². The van der Waals surface area contributed by atoms with Gasteiger partial charge in [0, 0.05) is 5.56 Å². The average Bonchev–Trinajstić information content (AvgIpc) is 2.65. The van der Waals surface area contributed by atoms with Crippen LogP contribution in [0.15, 0.2) is 47.4 Å². The molecule has 2 aromatic carbocycles. The SMILES string of the molecule is CCOc1ccc(C(=O)NNC(=O)c2cc(S(N)(=O)=O)ccc2OC)cc1. The molecule has 2 rings (SSSR count). The second kappa shape index (κ2) is 8.52. The molecule has 0 aromatic heterocycles. The maximum absolute atomic E-state index is 12.3. The van der Waals surface area contributed by atoms with Crippen LogP contribution in [0.4, 0.5) is 0 Å². The van der Waals surface area contributed by atoms with Crippen molar-refractivity contribution in [2.75, 3.05) is 13.7 Å². The molecule has 0 saturated heterocycles. The summed E-state index contributed by atoms with van der Waals surface area (Å²) in [5, 5.41) is 5.07. The number of carbonyl (C=O) groups is 2. The Morgan fingerprint density at radius 3 is 2.22 bits per heavy atom. The number of hydrogen-bond acceptors (Lipinski definition) is 6. The van der Waals surface area contributed by atoms with E-state index in [1.807, 2.05) is 6.92 Å². The lowest BCUT2D eigenvalue weighted by atomic mass is 10.2. The molecule has 0 bridgehead atoms. The molecule has 144 valence electrons. The summed E-state index contributed by atoms with van der Waals surface area (Å²) in [6.45, 7) is 2.34. The first-order valence-electron chi connectivity index (χ1n) is 7.80. The minimum Gasteiger partial charge on any atom is -0.496 e. The fourth-order valence-corrected chi connectivity index (χ4v) is 2.70. The third-order valence-electron chi connectivity index (χ3n) is 3.46. The van der Waals surface area contributed by atoms with Gasteiger partial charge in [0.25, 0.3) is 11.8 Å². The van der Waals surface area contributed by atoms with E-state index in [0.717, 1.165) is 6.07 Å². The lowest BCUT2D eigenvalue weighted by molar-refractivity contribution is 0.0844. The number of hydrazine groups is 1. The molecule has 10 heteroatoms. The smallest absolute Gasteiger partial charge is 0.273 e. The Labute approximate surface area is 156 Å². The van der Waals surface area contributed by atoms with Crippen molar-refractivity contribution in [1.82, 2.24) is 10.9 Å². The summed E-state index contributed by atoms with van der Waals surface area (Å²) in [6, 6.07) is 9.89. The highest BCUT2D eigenvalue weighted by atomic mass is 32.2. The van der Waals surface area contributed by atoms with Gasteiger partial charge in [-0.1, -0.05) is 0 Å². The van der Waals surface area contributed by atoms with Crippen LogP contribution in [0.3, 0.4) is 0 Å². The Bertz CT molecular complexity index is 942. The van der Waals surface area contributed by atoms with Gasteiger partial charge in [-0.15, -0.1) is 0 Å². The van der Waals surface area contributed by atoms with Gasteiger partial charge in [0.1, 0.15) is 11.5 Å². The number of carbonyl (C=O) groups excluding carboxylic acids is 2. The van der Waals surface area contributed by atoms with E-state index in [1.165, 1.54) is 31.4 Å². The summed E-state index contributed by atoms with van der Waals surface area (Å²) in [4.78, 5) is 24.2. The predicted molar refractivity (Wildman–Crippen MR) is 96.9 cm³/mol. The van der Waals surface area contributed by atoms with E-state index in [0.29, 0.717) is 17.9 Å². The number of amides is 2. The van der Waals surface area contributed by atoms with Gasteiger partial charge in [-0.2, -0.15) is 0 Å². The summed E-state index contributed by atoms with van der Waals surface area (Å²) in [7, 11) is -2.68. The quantitative estimate of drug-likeness (QED) is 0.621. The third-order valence-corrected chi connectivity index (χ3v) is 4.37. The highest BCUT2D eigenvalue weighted by Gasteiger charge is 2.18. The van der Waals surface area contributed by atoms with Crippen molar-refractivity contribution in [3.63, 3.8) is 0 Å². The molecule has 0 fully saturated rings. The maximum atomic E-state index is 12.3. The normalized spacial score (nSPS) is 10.8. The van der Waals surface area contributed by atoms with Crippen LogP contribution in [0.1, 0.15) is 27.6 Å². The molecular formula is C17H19N3O6S. The monoisotopic (exact) mass is 393 g/mol. The zero-order chi connectivity index (χ0) is 20.0. The molecule has 0 saturated carbocycles. The number of sulfonamides is 1. The highest BCUT2D eigenvalue weighted by Crippen LogP contribution is 2.21. The number of benzene rings is 2. The van der Waals surface area contributed by atoms with Crippen LogP contribution in [0.2, 0.25) is 0 Å². The molecule has 0 aliphatic carbocycles. The molecule has 0 heterocycles. The third kappa shape index (κ3) is 5.19. The van der Waals surface area contributed by atoms with Gasteiger partial charge in [-0.3, -0.25) is 20.4 Å². The van der Waals surface area contributed by atoms with Crippen molar-refractivity contribution in [2.24, 2.45) is 5.14 Å². The van der Waals surface area contributed by atoms with E-state index in [4.69, 9.17) is 14.6 Å². The summed E-state index contributed by atoms with van der Waals surface area (Å²) < 4.78 is 33.2. The minimum atomic E-state index is -4.00. The predicted octanol–water partition coefficient (Wildman–Crippen LogP) is 0.816. The van der Waals surface area contributed by atoms with Crippen LogP contribution in [-0.4, -0.2) is 33.9 Å². The lowest BCUT2D eigenvalue weighted by Crippen LogP contribution is -2.41. The molecule has 0 atom stereocenters. The van der Waals surface area contributed by atoms with Crippen molar-refractivity contribution < 1.29 is 27.5 Å². The van der Waals surface area contributed by atoms with Gasteiger partial charge in [0.2, 0.25) is 10.0 Å². The fraction of sp³-hybridized carbons (Fsp3) is 0.176. The number of hydrogen-bond donors (Lipinski definition) is 3. The standard InChI is InChI=1S/C17H19N3O6S/c1-3-26-12-6-4-11(5-7-12)16(21)19-20-17(22)14-10-13(27(18,23)24)8-9-15(14)25-2/h4-10H,3H2,1-2H3,(H,19,21)(H,20,22)(H2,18,23,24). The highest BCUT2D eigenvalue weighted by molar-refractivity contribution is 7.89. The van der Waals surface area contributed by atoms with Crippen LogP contribution >= 0.6 is 0 Å². The Hall–Kier alpha value is -3.11. The Morgan fingerprint density at radius 2 is 1.67 bits per heavy atom. The van der Waals surface area contributed by atoms with Gasteiger partial charge in [-0.05, 0) is 49.4 Å². The second-order valence-corrected chi connectivity index (χ2v) is 6.83. The van der Waals surface area contributed by atoms with Crippen LogP contribution in [0.25, 0.3) is 0 Å². The first-order valence-corrected chi connectivity index (χ1v) is 9.35. The molecule has 2 aromatic rings. The number of nitrogens with two attached hydrogens (primary N) is 1. The number of primary sulfonamides is 1. The average molecular weight is 393 g/mol. The maximum Gasteiger partial charge on any atom is 0.273 e. The van der Waals surface area contributed by atoms with Crippen molar-refractivity contribution in [3.05, 3.63) is 53.6 Å². The van der Waals surface area contributed by atoms with E-state index in [2.05, 4.69) is 10.9 Å². The lowest BCUT2D eigenvalue weighted by Gasteiger charge is -2.12. The summed E-state index contributed by atoms with van der Waals surface area (Å²) in [5.74, 6) is -0.595. The van der Waals surface area contributed by atoms with Gasteiger partial charge in [0.05, 0.1) is 24.2 Å². The fourth-order valence-electron chi connectivity index (χ4n) is 2.16. The summed E-state index contributed by atoms with van der Waals surface area (Å²) in [5.41, 5.74) is 4.64. The molecule has 0 aliphatic heterocycles. The van der Waals surface area contributed by atoms with Crippen LogP contribution in [0.5, 0.6) is 11.5 Å². The van der Waals surface area contributed by atoms with Crippen molar-refractivity contribution >= 4 is 21.8 Å². The van der Waals surface area contributed by atoms with Crippen molar-refractivity contribution in [1.29, 1.82) is 0 Å². The second-order valence-electron chi connectivity index (χ2n) is 5.27. The molecule has 0 radical (unpaired) electrons.